The number of nitrogens with zero attached hydrogens (tertiary/aromatic N) is 2. The van der Waals surface area contributed by atoms with Gasteiger partial charge in [0.15, 0.2) is 0 Å². The van der Waals surface area contributed by atoms with Crippen molar-refractivity contribution in [2.45, 2.75) is 26.1 Å². The molecule has 0 saturated carbocycles. The molecule has 0 unspecified atom stereocenters. The van der Waals surface area contributed by atoms with E-state index >= 15 is 0 Å². The summed E-state index contributed by atoms with van der Waals surface area (Å²) in [6, 6.07) is 1.38. The summed E-state index contributed by atoms with van der Waals surface area (Å²) in [5.74, 6) is -0.389. The van der Waals surface area contributed by atoms with Crippen LogP contribution < -0.4 is 0 Å². The van der Waals surface area contributed by atoms with E-state index in [1.165, 1.54) is 19.2 Å². The van der Waals surface area contributed by atoms with E-state index in [4.69, 9.17) is 0 Å². The number of alkyl halides is 3. The molecule has 0 fully saturated rings. The van der Waals surface area contributed by atoms with Crippen LogP contribution in [0.15, 0.2) is 24.4 Å². The molecule has 3 nitrogen and oxygen atoms in total. The van der Waals surface area contributed by atoms with Crippen molar-refractivity contribution in [3.05, 3.63) is 30.1 Å². The Bertz CT molecular complexity index is 406. The fraction of sp³-hybridized carbons (Fsp3) is 0.400. The zero-order valence-electron chi connectivity index (χ0n) is 8.71. The van der Waals surface area contributed by atoms with Crippen molar-refractivity contribution in [2.24, 2.45) is 0 Å². The van der Waals surface area contributed by atoms with E-state index < -0.39 is 12.6 Å². The monoisotopic (exact) mass is 232 g/mol. The van der Waals surface area contributed by atoms with Gasteiger partial charge in [0.2, 0.25) is 5.78 Å². The normalized spacial score (nSPS) is 11.5. The number of aryl methyl sites for hydroxylation is 1. The van der Waals surface area contributed by atoms with Crippen molar-refractivity contribution in [3.63, 3.8) is 0 Å². The van der Waals surface area contributed by atoms with Gasteiger partial charge in [-0.1, -0.05) is 6.58 Å². The summed E-state index contributed by atoms with van der Waals surface area (Å²) in [4.78, 5) is 11.5. The number of hydrogen-bond acceptors (Lipinski definition) is 2. The van der Waals surface area contributed by atoms with Crippen LogP contribution in [0.25, 0.3) is 0 Å². The first-order valence-electron chi connectivity index (χ1n) is 4.60. The van der Waals surface area contributed by atoms with Crippen LogP contribution in [-0.2, 0) is 6.54 Å². The summed E-state index contributed by atoms with van der Waals surface area (Å²) in [5, 5.41) is 3.68. The Kier molecular flexibility index (Phi) is 3.51. The molecule has 0 aliphatic rings. The van der Waals surface area contributed by atoms with Gasteiger partial charge in [-0.05, 0) is 18.6 Å². The van der Waals surface area contributed by atoms with Gasteiger partial charge in [-0.15, -0.1) is 0 Å². The topological polar surface area (TPSA) is 34.9 Å². The van der Waals surface area contributed by atoms with Crippen molar-refractivity contribution in [1.29, 1.82) is 0 Å². The molecule has 0 aliphatic heterocycles. The number of rotatable bonds is 4. The number of hydrogen-bond donors (Lipinski definition) is 0. The van der Waals surface area contributed by atoms with E-state index in [2.05, 4.69) is 11.7 Å². The van der Waals surface area contributed by atoms with E-state index in [-0.39, 0.29) is 23.6 Å². The van der Waals surface area contributed by atoms with E-state index in [1.807, 2.05) is 0 Å². The summed E-state index contributed by atoms with van der Waals surface area (Å²) in [5.41, 5.74) is 0.408. The van der Waals surface area contributed by atoms with Crippen molar-refractivity contribution in [3.8, 4) is 0 Å². The van der Waals surface area contributed by atoms with Crippen LogP contribution in [0.2, 0.25) is 0 Å². The van der Waals surface area contributed by atoms with Gasteiger partial charge in [-0.3, -0.25) is 9.48 Å². The first-order chi connectivity index (χ1) is 7.31. The molecular formula is C10H11F3N2O. The lowest BCUT2D eigenvalue weighted by Gasteiger charge is -2.08. The second-order valence-electron chi connectivity index (χ2n) is 3.41. The van der Waals surface area contributed by atoms with Crippen molar-refractivity contribution < 1.29 is 18.0 Å². The Morgan fingerprint density at radius 3 is 2.69 bits per heavy atom. The van der Waals surface area contributed by atoms with Crippen LogP contribution in [0.4, 0.5) is 13.2 Å². The minimum absolute atomic E-state index is 0.136. The summed E-state index contributed by atoms with van der Waals surface area (Å²) >= 11 is 0. The van der Waals surface area contributed by atoms with Crippen molar-refractivity contribution in [1.82, 2.24) is 9.78 Å². The van der Waals surface area contributed by atoms with Crippen LogP contribution in [0.5, 0.6) is 0 Å². The average molecular weight is 232 g/mol. The van der Waals surface area contributed by atoms with E-state index in [1.54, 1.807) is 0 Å². The van der Waals surface area contributed by atoms with Crippen LogP contribution >= 0.6 is 0 Å². The fourth-order valence-corrected chi connectivity index (χ4v) is 1.16. The molecule has 1 aromatic heterocycles. The third-order valence-electron chi connectivity index (χ3n) is 1.94. The summed E-state index contributed by atoms with van der Waals surface area (Å²) < 4.78 is 37.0. The van der Waals surface area contributed by atoms with Gasteiger partial charge in [0.05, 0.1) is 13.0 Å². The van der Waals surface area contributed by atoms with Crippen LogP contribution in [0.3, 0.4) is 0 Å². The molecule has 0 aromatic carbocycles. The highest BCUT2D eigenvalue weighted by atomic mass is 19.4. The first-order valence-corrected chi connectivity index (χ1v) is 4.60. The Morgan fingerprint density at radius 2 is 2.19 bits per heavy atom. The van der Waals surface area contributed by atoms with Gasteiger partial charge >= 0.3 is 6.18 Å². The molecule has 0 amide bonds. The maximum Gasteiger partial charge on any atom is 0.390 e. The Balaban J connectivity index is 2.79. The predicted octanol–water partition coefficient (Wildman–Crippen LogP) is 2.59. The molecule has 16 heavy (non-hydrogen) atoms. The zero-order chi connectivity index (χ0) is 12.3. The zero-order valence-corrected chi connectivity index (χ0v) is 8.71. The molecule has 6 heteroatoms. The number of allylic oxidation sites excluding steroid dienone is 1. The number of aromatic nitrogens is 2. The number of carbonyl (C=O) groups excluding carboxylic acids is 1. The van der Waals surface area contributed by atoms with E-state index in [0.29, 0.717) is 0 Å². The van der Waals surface area contributed by atoms with Gasteiger partial charge < -0.3 is 0 Å². The standard InChI is InChI=1S/C10H11F3N2O/c1-7(2)9(16)8-3-5-14-15(8)6-4-10(11,12)13/h3,5H,1,4,6H2,2H3. The average Bonchev–Trinajstić information content (AvgIpc) is 2.59. The van der Waals surface area contributed by atoms with Crippen molar-refractivity contribution in [2.75, 3.05) is 0 Å². The third kappa shape index (κ3) is 3.22. The second-order valence-corrected chi connectivity index (χ2v) is 3.41. The SMILES string of the molecule is C=C(C)C(=O)c1ccnn1CCC(F)(F)F. The largest absolute Gasteiger partial charge is 0.390 e. The minimum atomic E-state index is -4.25. The molecule has 1 heterocycles. The fourth-order valence-electron chi connectivity index (χ4n) is 1.16. The lowest BCUT2D eigenvalue weighted by Crippen LogP contribution is -2.17. The highest BCUT2D eigenvalue weighted by Crippen LogP contribution is 2.20. The molecule has 0 aliphatic carbocycles. The summed E-state index contributed by atoms with van der Waals surface area (Å²) in [6.45, 7) is 4.60. The molecule has 1 rings (SSSR count). The molecule has 0 atom stereocenters. The molecule has 0 saturated heterocycles. The van der Waals surface area contributed by atoms with Crippen LogP contribution in [-0.4, -0.2) is 21.7 Å². The van der Waals surface area contributed by atoms with E-state index in [9.17, 15) is 18.0 Å². The molecule has 88 valence electrons. The molecule has 0 spiro atoms. The van der Waals surface area contributed by atoms with Crippen LogP contribution in [0, 0.1) is 0 Å². The Morgan fingerprint density at radius 1 is 1.56 bits per heavy atom. The molecule has 1 aromatic rings. The van der Waals surface area contributed by atoms with Crippen molar-refractivity contribution >= 4 is 5.78 Å². The van der Waals surface area contributed by atoms with Gasteiger partial charge in [0, 0.05) is 6.20 Å². The highest BCUT2D eigenvalue weighted by Gasteiger charge is 2.27. The Hall–Kier alpha value is -1.59. The maximum atomic E-state index is 12.0. The minimum Gasteiger partial charge on any atom is -0.287 e. The summed E-state index contributed by atoms with van der Waals surface area (Å²) in [7, 11) is 0. The lowest BCUT2D eigenvalue weighted by molar-refractivity contribution is -0.137. The first kappa shape index (κ1) is 12.5. The van der Waals surface area contributed by atoms with Gasteiger partial charge in [-0.2, -0.15) is 18.3 Å². The van der Waals surface area contributed by atoms with E-state index in [0.717, 1.165) is 4.68 Å². The number of carbonyl (C=O) groups is 1. The quantitative estimate of drug-likeness (QED) is 0.590. The molecular weight excluding hydrogens is 221 g/mol. The summed E-state index contributed by atoms with van der Waals surface area (Å²) in [6.07, 6.45) is -3.97. The number of ketones is 1. The highest BCUT2D eigenvalue weighted by molar-refractivity contribution is 6.06. The van der Waals surface area contributed by atoms with Gasteiger partial charge in [0.1, 0.15) is 5.69 Å². The molecule has 0 radical (unpaired) electrons. The molecule has 0 bridgehead atoms. The predicted molar refractivity (Wildman–Crippen MR) is 52.0 cm³/mol. The number of halogens is 3. The maximum absolute atomic E-state index is 12.0. The second kappa shape index (κ2) is 4.51. The van der Waals surface area contributed by atoms with Gasteiger partial charge in [0.25, 0.3) is 0 Å². The van der Waals surface area contributed by atoms with Gasteiger partial charge in [-0.25, -0.2) is 0 Å². The number of Topliss-reactive ketones (excluding diaryl/α,β-unsaturated/α-hetero) is 1. The third-order valence-corrected chi connectivity index (χ3v) is 1.94. The lowest BCUT2D eigenvalue weighted by atomic mass is 10.1. The Labute approximate surface area is 90.6 Å². The smallest absolute Gasteiger partial charge is 0.287 e. The molecule has 0 N–H and O–H groups in total. The van der Waals surface area contributed by atoms with Crippen LogP contribution in [0.1, 0.15) is 23.8 Å².